The molecule has 0 spiro atoms. The number of hydrogen-bond donors (Lipinski definition) is 1. The fourth-order valence-corrected chi connectivity index (χ4v) is 2.76. The van der Waals surface area contributed by atoms with Crippen molar-refractivity contribution < 1.29 is 14.3 Å². The number of H-pyrrole nitrogens is 1. The highest BCUT2D eigenvalue weighted by molar-refractivity contribution is 6.30. The van der Waals surface area contributed by atoms with E-state index in [4.69, 9.17) is 16.3 Å². The summed E-state index contributed by atoms with van der Waals surface area (Å²) in [6.07, 6.45) is 1.08. The summed E-state index contributed by atoms with van der Waals surface area (Å²) >= 11 is 5.89. The van der Waals surface area contributed by atoms with Crippen LogP contribution in [0.1, 0.15) is 41.9 Å². The standard InChI is InChI=1S/C20H18ClNO3/c1-3-12-5-10-16-15(11-12)20(25-17(23)4-2)18(22-16)19(24)13-6-8-14(21)9-7-13/h5-11,22H,3-4H2,1-2H3. The van der Waals surface area contributed by atoms with E-state index in [9.17, 15) is 9.59 Å². The van der Waals surface area contributed by atoms with Gasteiger partial charge in [-0.05, 0) is 48.4 Å². The van der Waals surface area contributed by atoms with Crippen molar-refractivity contribution >= 4 is 34.3 Å². The Morgan fingerprint density at radius 3 is 2.44 bits per heavy atom. The molecule has 0 amide bonds. The molecule has 0 saturated carbocycles. The number of nitrogens with one attached hydrogen (secondary N) is 1. The number of aromatic amines is 1. The zero-order valence-corrected chi connectivity index (χ0v) is 14.8. The Kier molecular flexibility index (Phi) is 4.91. The molecule has 128 valence electrons. The lowest BCUT2D eigenvalue weighted by Crippen LogP contribution is -2.10. The highest BCUT2D eigenvalue weighted by atomic mass is 35.5. The van der Waals surface area contributed by atoms with Gasteiger partial charge in [0, 0.05) is 27.9 Å². The van der Waals surface area contributed by atoms with Crippen LogP contribution in [-0.2, 0) is 11.2 Å². The van der Waals surface area contributed by atoms with Crippen LogP contribution in [0.4, 0.5) is 0 Å². The summed E-state index contributed by atoms with van der Waals surface area (Å²) in [5.41, 5.74) is 2.60. The van der Waals surface area contributed by atoms with Crippen molar-refractivity contribution in [1.29, 1.82) is 0 Å². The van der Waals surface area contributed by atoms with Crippen molar-refractivity contribution in [3.05, 3.63) is 64.3 Å². The maximum atomic E-state index is 12.9. The summed E-state index contributed by atoms with van der Waals surface area (Å²) < 4.78 is 5.50. The van der Waals surface area contributed by atoms with Gasteiger partial charge in [0.1, 0.15) is 5.69 Å². The number of carbonyl (C=O) groups is 2. The third-order valence-electron chi connectivity index (χ3n) is 4.06. The molecule has 5 heteroatoms. The predicted octanol–water partition coefficient (Wildman–Crippen LogP) is 4.93. The van der Waals surface area contributed by atoms with E-state index in [1.165, 1.54) is 0 Å². The number of fused-ring (bicyclic) bond motifs is 1. The molecule has 1 N–H and O–H groups in total. The molecule has 2 aromatic carbocycles. The molecule has 0 fully saturated rings. The summed E-state index contributed by atoms with van der Waals surface area (Å²) in [6, 6.07) is 12.5. The maximum Gasteiger partial charge on any atom is 0.310 e. The third-order valence-corrected chi connectivity index (χ3v) is 4.31. The van der Waals surface area contributed by atoms with Gasteiger partial charge in [0.05, 0.1) is 0 Å². The Bertz CT molecular complexity index is 941. The topological polar surface area (TPSA) is 59.2 Å². The lowest BCUT2D eigenvalue weighted by Gasteiger charge is -2.06. The summed E-state index contributed by atoms with van der Waals surface area (Å²) in [6.45, 7) is 3.76. The zero-order chi connectivity index (χ0) is 18.0. The van der Waals surface area contributed by atoms with Gasteiger partial charge in [-0.25, -0.2) is 0 Å². The van der Waals surface area contributed by atoms with E-state index < -0.39 is 0 Å². The molecular weight excluding hydrogens is 338 g/mol. The van der Waals surface area contributed by atoms with E-state index in [0.29, 0.717) is 10.6 Å². The first kappa shape index (κ1) is 17.2. The molecule has 1 heterocycles. The van der Waals surface area contributed by atoms with Crippen molar-refractivity contribution in [2.24, 2.45) is 0 Å². The molecule has 0 aliphatic heterocycles. The Hall–Kier alpha value is -2.59. The van der Waals surface area contributed by atoms with Crippen molar-refractivity contribution in [3.8, 4) is 5.75 Å². The number of rotatable bonds is 5. The molecule has 3 rings (SSSR count). The van der Waals surface area contributed by atoms with E-state index in [1.807, 2.05) is 25.1 Å². The summed E-state index contributed by atoms with van der Waals surface area (Å²) in [7, 11) is 0. The molecule has 0 bridgehead atoms. The van der Waals surface area contributed by atoms with Gasteiger partial charge in [-0.3, -0.25) is 9.59 Å². The van der Waals surface area contributed by atoms with Gasteiger partial charge in [0.2, 0.25) is 5.78 Å². The predicted molar refractivity (Wildman–Crippen MR) is 98.5 cm³/mol. The normalized spacial score (nSPS) is 10.8. The lowest BCUT2D eigenvalue weighted by molar-refractivity contribution is -0.133. The number of esters is 1. The molecule has 25 heavy (non-hydrogen) atoms. The number of hydrogen-bond acceptors (Lipinski definition) is 3. The number of benzene rings is 2. The van der Waals surface area contributed by atoms with E-state index in [0.717, 1.165) is 22.9 Å². The van der Waals surface area contributed by atoms with Gasteiger partial charge < -0.3 is 9.72 Å². The van der Waals surface area contributed by atoms with Gasteiger partial charge in [-0.1, -0.05) is 31.5 Å². The van der Waals surface area contributed by atoms with Crippen LogP contribution in [-0.4, -0.2) is 16.7 Å². The quantitative estimate of drug-likeness (QED) is 0.521. The Balaban J connectivity index is 2.15. The van der Waals surface area contributed by atoms with Crippen LogP contribution >= 0.6 is 11.6 Å². The van der Waals surface area contributed by atoms with E-state index in [1.54, 1.807) is 31.2 Å². The minimum atomic E-state index is -0.382. The van der Waals surface area contributed by atoms with Crippen LogP contribution in [0.25, 0.3) is 10.9 Å². The first-order chi connectivity index (χ1) is 12.0. The average Bonchev–Trinajstić information content (AvgIpc) is 2.99. The number of aromatic nitrogens is 1. The minimum absolute atomic E-state index is 0.231. The summed E-state index contributed by atoms with van der Waals surface area (Å²) in [5, 5.41) is 1.29. The molecule has 0 atom stereocenters. The molecule has 0 radical (unpaired) electrons. The van der Waals surface area contributed by atoms with E-state index in [-0.39, 0.29) is 29.6 Å². The molecule has 0 saturated heterocycles. The number of aryl methyl sites for hydroxylation is 1. The van der Waals surface area contributed by atoms with Crippen molar-refractivity contribution in [2.75, 3.05) is 0 Å². The van der Waals surface area contributed by atoms with E-state index in [2.05, 4.69) is 4.98 Å². The molecule has 4 nitrogen and oxygen atoms in total. The van der Waals surface area contributed by atoms with Gasteiger partial charge in [-0.15, -0.1) is 0 Å². The van der Waals surface area contributed by atoms with Crippen LogP contribution < -0.4 is 4.74 Å². The highest BCUT2D eigenvalue weighted by Crippen LogP contribution is 2.33. The fraction of sp³-hybridized carbons (Fsp3) is 0.200. The second-order valence-electron chi connectivity index (χ2n) is 5.73. The first-order valence-electron chi connectivity index (χ1n) is 8.19. The number of ether oxygens (including phenoxy) is 1. The van der Waals surface area contributed by atoms with Crippen molar-refractivity contribution in [1.82, 2.24) is 4.98 Å². The monoisotopic (exact) mass is 355 g/mol. The van der Waals surface area contributed by atoms with Gasteiger partial charge in [0.15, 0.2) is 5.75 Å². The SMILES string of the molecule is CCC(=O)Oc1c(C(=O)c2ccc(Cl)cc2)[nH]c2ccc(CC)cc12. The Morgan fingerprint density at radius 2 is 1.80 bits per heavy atom. The molecule has 0 aliphatic rings. The number of halogens is 1. The minimum Gasteiger partial charge on any atom is -0.423 e. The largest absolute Gasteiger partial charge is 0.423 e. The second-order valence-corrected chi connectivity index (χ2v) is 6.16. The number of carbonyl (C=O) groups excluding carboxylic acids is 2. The zero-order valence-electron chi connectivity index (χ0n) is 14.1. The Morgan fingerprint density at radius 1 is 1.08 bits per heavy atom. The summed E-state index contributed by atoms with van der Waals surface area (Å²) in [5.74, 6) is -0.338. The van der Waals surface area contributed by atoms with Gasteiger partial charge >= 0.3 is 5.97 Å². The van der Waals surface area contributed by atoms with E-state index >= 15 is 0 Å². The average molecular weight is 356 g/mol. The van der Waals surface area contributed by atoms with Crippen LogP contribution in [0.2, 0.25) is 5.02 Å². The van der Waals surface area contributed by atoms with Crippen molar-refractivity contribution in [3.63, 3.8) is 0 Å². The maximum absolute atomic E-state index is 12.9. The van der Waals surface area contributed by atoms with Crippen molar-refractivity contribution in [2.45, 2.75) is 26.7 Å². The van der Waals surface area contributed by atoms with Crippen LogP contribution in [0, 0.1) is 0 Å². The molecule has 0 unspecified atom stereocenters. The highest BCUT2D eigenvalue weighted by Gasteiger charge is 2.22. The first-order valence-corrected chi connectivity index (χ1v) is 8.56. The fourth-order valence-electron chi connectivity index (χ4n) is 2.63. The van der Waals surface area contributed by atoms with Crippen LogP contribution in [0.3, 0.4) is 0 Å². The Labute approximate surface area is 150 Å². The summed E-state index contributed by atoms with van der Waals surface area (Å²) in [4.78, 5) is 27.9. The third kappa shape index (κ3) is 3.44. The number of ketones is 1. The second kappa shape index (κ2) is 7.11. The molecular formula is C20H18ClNO3. The van der Waals surface area contributed by atoms with Crippen LogP contribution in [0.5, 0.6) is 5.75 Å². The van der Waals surface area contributed by atoms with Crippen LogP contribution in [0.15, 0.2) is 42.5 Å². The smallest absolute Gasteiger partial charge is 0.310 e. The molecule has 0 aliphatic carbocycles. The van der Waals surface area contributed by atoms with Gasteiger partial charge in [-0.2, -0.15) is 0 Å². The van der Waals surface area contributed by atoms with Gasteiger partial charge in [0.25, 0.3) is 0 Å². The lowest BCUT2D eigenvalue weighted by atomic mass is 10.1. The molecule has 3 aromatic rings. The molecule has 1 aromatic heterocycles.